The number of aliphatic hydroxyl groups excluding tert-OH is 1. The molecule has 2 fully saturated rings. The molecule has 0 saturated carbocycles. The first-order valence-electron chi connectivity index (χ1n) is 10.8. The summed E-state index contributed by atoms with van der Waals surface area (Å²) in [5.74, 6) is 0.282. The van der Waals surface area contributed by atoms with Crippen LogP contribution >= 0.6 is 11.6 Å². The van der Waals surface area contributed by atoms with E-state index in [0.29, 0.717) is 21.7 Å². The van der Waals surface area contributed by atoms with E-state index in [4.69, 9.17) is 30.8 Å². The van der Waals surface area contributed by atoms with Crippen molar-refractivity contribution in [2.75, 3.05) is 13.2 Å². The average Bonchev–Trinajstić information content (AvgIpc) is 3.60. The van der Waals surface area contributed by atoms with Gasteiger partial charge in [0.1, 0.15) is 35.5 Å². The van der Waals surface area contributed by atoms with Gasteiger partial charge in [0.15, 0.2) is 6.10 Å². The number of rotatable bonds is 4. The van der Waals surface area contributed by atoms with Gasteiger partial charge in [-0.1, -0.05) is 35.9 Å². The second-order valence-corrected chi connectivity index (χ2v) is 8.86. The number of aryl methyl sites for hydroxylation is 1. The van der Waals surface area contributed by atoms with Crippen molar-refractivity contribution in [1.82, 2.24) is 19.7 Å². The maximum Gasteiger partial charge on any atom is 0.212 e. The molecule has 4 atom stereocenters. The summed E-state index contributed by atoms with van der Waals surface area (Å²) in [6.45, 7) is 0.461. The first kappa shape index (κ1) is 21.1. The predicted octanol–water partition coefficient (Wildman–Crippen LogP) is 3.06. The van der Waals surface area contributed by atoms with E-state index in [1.807, 2.05) is 43.7 Å². The number of nitrogens with one attached hydrogen (secondary N) is 1. The molecule has 3 aromatic heterocycles. The molecule has 0 bridgehead atoms. The number of nitriles is 1. The fraction of sp³-hybridized carbons (Fsp3) is 0.292. The summed E-state index contributed by atoms with van der Waals surface area (Å²) < 4.78 is 19.1. The molecule has 2 aliphatic heterocycles. The largest absolute Gasteiger partial charge is 0.469 e. The van der Waals surface area contributed by atoms with Crippen LogP contribution in [0.4, 0.5) is 0 Å². The van der Waals surface area contributed by atoms with Crippen LogP contribution in [0, 0.1) is 11.3 Å². The van der Waals surface area contributed by atoms with Crippen molar-refractivity contribution in [3.8, 4) is 34.3 Å². The van der Waals surface area contributed by atoms with Gasteiger partial charge >= 0.3 is 0 Å². The van der Waals surface area contributed by atoms with Crippen molar-refractivity contribution >= 4 is 22.6 Å². The number of aromatic nitrogens is 4. The molecule has 0 radical (unpaired) electrons. The number of pyridine rings is 1. The van der Waals surface area contributed by atoms with E-state index in [1.54, 1.807) is 10.7 Å². The van der Waals surface area contributed by atoms with E-state index in [2.05, 4.69) is 16.2 Å². The highest BCUT2D eigenvalue weighted by atomic mass is 35.5. The molecule has 2 aliphatic rings. The number of halogens is 1. The highest BCUT2D eigenvalue weighted by Crippen LogP contribution is 2.36. The first-order valence-corrected chi connectivity index (χ1v) is 11.2. The zero-order valence-corrected chi connectivity index (χ0v) is 18.9. The van der Waals surface area contributed by atoms with Crippen LogP contribution in [0.25, 0.3) is 33.4 Å². The molecular formula is C24H20ClN5O4. The molecule has 1 aromatic carbocycles. The SMILES string of the molecule is Cn1cc(-c2ccc(-c3nc4c(C#N)c(O[C@@H]5CO[C@H]6[C@@H]5OC[C@H]6O)[nH]c4cc3Cl)cc2)cn1. The van der Waals surface area contributed by atoms with Gasteiger partial charge in [-0.05, 0) is 11.6 Å². The number of hydrogen-bond acceptors (Lipinski definition) is 7. The number of aromatic amines is 1. The summed E-state index contributed by atoms with van der Waals surface area (Å²) in [4.78, 5) is 7.82. The molecule has 4 aromatic rings. The van der Waals surface area contributed by atoms with Crippen LogP contribution in [0.3, 0.4) is 0 Å². The Bertz CT molecular complexity index is 1420. The maximum atomic E-state index is 9.96. The van der Waals surface area contributed by atoms with Gasteiger partial charge in [0.2, 0.25) is 5.88 Å². The molecule has 0 spiro atoms. The van der Waals surface area contributed by atoms with Crippen molar-refractivity contribution < 1.29 is 19.3 Å². The van der Waals surface area contributed by atoms with Crippen LogP contribution in [-0.2, 0) is 16.5 Å². The summed E-state index contributed by atoms with van der Waals surface area (Å²) >= 11 is 6.57. The Morgan fingerprint density at radius 2 is 1.94 bits per heavy atom. The molecule has 2 saturated heterocycles. The third-order valence-electron chi connectivity index (χ3n) is 6.25. The van der Waals surface area contributed by atoms with Crippen LogP contribution in [0.1, 0.15) is 5.56 Å². The number of ether oxygens (including phenoxy) is 3. The molecule has 9 nitrogen and oxygen atoms in total. The second-order valence-electron chi connectivity index (χ2n) is 8.46. The van der Waals surface area contributed by atoms with E-state index >= 15 is 0 Å². The number of nitrogens with zero attached hydrogens (tertiary/aromatic N) is 4. The van der Waals surface area contributed by atoms with Gasteiger partial charge in [0.25, 0.3) is 0 Å². The average molecular weight is 478 g/mol. The number of benzene rings is 1. The van der Waals surface area contributed by atoms with E-state index in [0.717, 1.165) is 16.7 Å². The molecular weight excluding hydrogens is 458 g/mol. The van der Waals surface area contributed by atoms with Crippen LogP contribution in [-0.4, -0.2) is 62.5 Å². The molecule has 2 N–H and O–H groups in total. The summed E-state index contributed by atoms with van der Waals surface area (Å²) in [6, 6.07) is 11.8. The van der Waals surface area contributed by atoms with E-state index in [-0.39, 0.29) is 24.7 Å². The van der Waals surface area contributed by atoms with Crippen LogP contribution < -0.4 is 4.74 Å². The van der Waals surface area contributed by atoms with Gasteiger partial charge in [0.05, 0.1) is 35.6 Å². The Labute approximate surface area is 199 Å². The zero-order valence-electron chi connectivity index (χ0n) is 18.1. The minimum absolute atomic E-state index is 0.201. The van der Waals surface area contributed by atoms with Crippen LogP contribution in [0.2, 0.25) is 5.02 Å². The molecule has 0 amide bonds. The lowest BCUT2D eigenvalue weighted by Gasteiger charge is -2.16. The lowest BCUT2D eigenvalue weighted by molar-refractivity contribution is 0.00789. The van der Waals surface area contributed by atoms with Crippen molar-refractivity contribution in [2.24, 2.45) is 7.05 Å². The van der Waals surface area contributed by atoms with Gasteiger partial charge in [-0.25, -0.2) is 4.98 Å². The molecule has 10 heteroatoms. The van der Waals surface area contributed by atoms with Crippen molar-refractivity contribution in [1.29, 1.82) is 5.26 Å². The standard InChI is InChI=1S/C24H20ClN5O4/c1-30-9-14(8-27-30)12-2-4-13(5-3-12)20-16(25)6-17-21(29-20)15(7-26)24(28-17)34-19-11-33-22-18(31)10-32-23(19)22/h2-6,8-9,18-19,22-23,28,31H,10-11H2,1H3/t18-,19-,22-,23-/m1/s1. The minimum atomic E-state index is -0.677. The van der Waals surface area contributed by atoms with Gasteiger partial charge in [0, 0.05) is 24.4 Å². The molecule has 0 aliphatic carbocycles. The Balaban J connectivity index is 1.33. The minimum Gasteiger partial charge on any atom is -0.469 e. The number of aliphatic hydroxyl groups is 1. The lowest BCUT2D eigenvalue weighted by Crippen LogP contribution is -2.34. The van der Waals surface area contributed by atoms with Gasteiger partial charge < -0.3 is 24.3 Å². The Morgan fingerprint density at radius 3 is 2.68 bits per heavy atom. The highest BCUT2D eigenvalue weighted by molar-refractivity contribution is 6.33. The smallest absolute Gasteiger partial charge is 0.212 e. The maximum absolute atomic E-state index is 9.96. The molecule has 172 valence electrons. The molecule has 6 rings (SSSR count). The fourth-order valence-electron chi connectivity index (χ4n) is 4.55. The Morgan fingerprint density at radius 1 is 1.18 bits per heavy atom. The molecule has 0 unspecified atom stereocenters. The summed E-state index contributed by atoms with van der Waals surface area (Å²) in [5.41, 5.74) is 4.78. The third kappa shape index (κ3) is 3.43. The van der Waals surface area contributed by atoms with Gasteiger partial charge in [-0.2, -0.15) is 10.4 Å². The molecule has 5 heterocycles. The van der Waals surface area contributed by atoms with Gasteiger partial charge in [-0.3, -0.25) is 4.68 Å². The summed E-state index contributed by atoms with van der Waals surface area (Å²) in [7, 11) is 1.88. The van der Waals surface area contributed by atoms with Crippen molar-refractivity contribution in [3.63, 3.8) is 0 Å². The topological polar surface area (TPSA) is 118 Å². The second kappa shape index (κ2) is 8.11. The fourth-order valence-corrected chi connectivity index (χ4v) is 4.81. The highest BCUT2D eigenvalue weighted by Gasteiger charge is 2.48. The van der Waals surface area contributed by atoms with Crippen LogP contribution in [0.15, 0.2) is 42.7 Å². The van der Waals surface area contributed by atoms with Gasteiger partial charge in [-0.15, -0.1) is 0 Å². The first-order chi connectivity index (χ1) is 16.5. The number of hydrogen-bond donors (Lipinski definition) is 2. The lowest BCUT2D eigenvalue weighted by atomic mass is 10.0. The van der Waals surface area contributed by atoms with Crippen LogP contribution in [0.5, 0.6) is 5.88 Å². The Hall–Kier alpha value is -3.42. The van der Waals surface area contributed by atoms with E-state index in [1.165, 1.54) is 0 Å². The summed E-state index contributed by atoms with van der Waals surface area (Å²) in [5, 5.41) is 24.5. The monoisotopic (exact) mass is 477 g/mol. The van der Waals surface area contributed by atoms with Crippen molar-refractivity contribution in [3.05, 3.63) is 53.3 Å². The quantitative estimate of drug-likeness (QED) is 0.463. The predicted molar refractivity (Wildman–Crippen MR) is 123 cm³/mol. The zero-order chi connectivity index (χ0) is 23.4. The number of fused-ring (bicyclic) bond motifs is 2. The van der Waals surface area contributed by atoms with E-state index < -0.39 is 24.4 Å². The Kier molecular flexibility index (Phi) is 5.04. The van der Waals surface area contributed by atoms with E-state index in [9.17, 15) is 10.4 Å². The number of H-pyrrole nitrogens is 1. The van der Waals surface area contributed by atoms with Crippen molar-refractivity contribution in [2.45, 2.75) is 24.4 Å². The third-order valence-corrected chi connectivity index (χ3v) is 6.54. The normalized spacial score (nSPS) is 23.8. The molecule has 34 heavy (non-hydrogen) atoms. The summed E-state index contributed by atoms with van der Waals surface area (Å²) in [6.07, 6.45) is 1.82.